The van der Waals surface area contributed by atoms with Crippen molar-refractivity contribution in [1.82, 2.24) is 5.32 Å². The summed E-state index contributed by atoms with van der Waals surface area (Å²) in [6.07, 6.45) is 0. The molecule has 0 saturated carbocycles. The molecule has 2 unspecified atom stereocenters. The molecule has 1 aromatic heterocycles. The van der Waals surface area contributed by atoms with E-state index < -0.39 is 0 Å². The largest absolute Gasteiger partial charge is 0.309 e. The molecule has 1 saturated heterocycles. The fourth-order valence-corrected chi connectivity index (χ4v) is 5.98. The van der Waals surface area contributed by atoms with E-state index in [0.29, 0.717) is 11.3 Å². The van der Waals surface area contributed by atoms with E-state index >= 15 is 0 Å². The lowest BCUT2D eigenvalue weighted by Crippen LogP contribution is -2.33. The van der Waals surface area contributed by atoms with Crippen molar-refractivity contribution in [1.29, 1.82) is 0 Å². The lowest BCUT2D eigenvalue weighted by atomic mass is 10.2. The summed E-state index contributed by atoms with van der Waals surface area (Å²) in [5.41, 5.74) is 0. The molecule has 2 rings (SSSR count). The Morgan fingerprint density at radius 3 is 2.94 bits per heavy atom. The van der Waals surface area contributed by atoms with Crippen molar-refractivity contribution in [2.75, 3.05) is 23.8 Å². The molecule has 90 valence electrons. The van der Waals surface area contributed by atoms with E-state index in [0.717, 1.165) is 10.9 Å². The summed E-state index contributed by atoms with van der Waals surface area (Å²) in [6, 6.07) is 4.65. The zero-order chi connectivity index (χ0) is 11.4. The summed E-state index contributed by atoms with van der Waals surface area (Å²) < 4.78 is 0.895. The van der Waals surface area contributed by atoms with E-state index in [1.54, 1.807) is 11.3 Å². The highest BCUT2D eigenvalue weighted by Gasteiger charge is 2.26. The van der Waals surface area contributed by atoms with Crippen LogP contribution in [0.5, 0.6) is 0 Å². The van der Waals surface area contributed by atoms with Gasteiger partial charge in [-0.3, -0.25) is 0 Å². The van der Waals surface area contributed by atoms with Gasteiger partial charge in [-0.2, -0.15) is 23.5 Å². The van der Waals surface area contributed by atoms with Crippen molar-refractivity contribution in [2.45, 2.75) is 18.2 Å². The Morgan fingerprint density at radius 1 is 1.50 bits per heavy atom. The maximum atomic E-state index is 6.02. The summed E-state index contributed by atoms with van der Waals surface area (Å²) in [4.78, 5) is 1.38. The van der Waals surface area contributed by atoms with Crippen LogP contribution in [0.2, 0.25) is 4.34 Å². The van der Waals surface area contributed by atoms with Crippen molar-refractivity contribution >= 4 is 46.5 Å². The number of nitrogens with one attached hydrogen (secondary N) is 1. The first-order chi connectivity index (χ1) is 7.81. The number of hydrogen-bond acceptors (Lipinski definition) is 4. The molecule has 0 spiro atoms. The predicted octanol–water partition coefficient (Wildman–Crippen LogP) is 3.90. The Hall–Kier alpha value is 0.650. The van der Waals surface area contributed by atoms with Gasteiger partial charge in [0.2, 0.25) is 0 Å². The summed E-state index contributed by atoms with van der Waals surface area (Å²) in [6.45, 7) is 3.19. The van der Waals surface area contributed by atoms with Gasteiger partial charge in [-0.1, -0.05) is 18.5 Å². The van der Waals surface area contributed by atoms with Gasteiger partial charge in [0.25, 0.3) is 0 Å². The van der Waals surface area contributed by atoms with E-state index in [9.17, 15) is 0 Å². The average molecular weight is 294 g/mol. The van der Waals surface area contributed by atoms with Gasteiger partial charge in [-0.05, 0) is 18.7 Å². The van der Waals surface area contributed by atoms with Crippen LogP contribution in [0.3, 0.4) is 0 Å². The number of hydrogen-bond donors (Lipinski definition) is 1. The molecule has 0 radical (unpaired) electrons. The summed E-state index contributed by atoms with van der Waals surface area (Å²) in [7, 11) is 0. The first-order valence-electron chi connectivity index (χ1n) is 5.49. The van der Waals surface area contributed by atoms with Crippen LogP contribution in [-0.4, -0.2) is 29.1 Å². The molecule has 1 aliphatic rings. The van der Waals surface area contributed by atoms with Crippen LogP contribution in [-0.2, 0) is 0 Å². The lowest BCUT2D eigenvalue weighted by Gasteiger charge is -2.29. The molecule has 2 heterocycles. The van der Waals surface area contributed by atoms with E-state index in [1.807, 2.05) is 6.07 Å². The molecule has 0 bridgehead atoms. The molecule has 0 aliphatic carbocycles. The van der Waals surface area contributed by atoms with Gasteiger partial charge in [-0.15, -0.1) is 11.3 Å². The Morgan fingerprint density at radius 2 is 2.38 bits per heavy atom. The molecule has 1 aromatic rings. The highest BCUT2D eigenvalue weighted by molar-refractivity contribution is 8.06. The van der Waals surface area contributed by atoms with Gasteiger partial charge in [0, 0.05) is 27.4 Å². The maximum absolute atomic E-state index is 6.02. The van der Waals surface area contributed by atoms with Crippen LogP contribution in [0, 0.1) is 0 Å². The minimum atomic E-state index is 0.472. The standard InChI is InChI=1S/C11H16ClNS3/c1-2-13-11(8-3-4-10(12)16-8)9-7-14-5-6-15-9/h3-4,9,11,13H,2,5-7H2,1H3. The smallest absolute Gasteiger partial charge is 0.0931 e. The van der Waals surface area contributed by atoms with Crippen LogP contribution < -0.4 is 5.32 Å². The second-order valence-electron chi connectivity index (χ2n) is 3.66. The highest BCUT2D eigenvalue weighted by Crippen LogP contribution is 2.37. The molecule has 16 heavy (non-hydrogen) atoms. The second-order valence-corrected chi connectivity index (χ2v) is 7.90. The Labute approximate surface area is 115 Å². The molecule has 1 fully saturated rings. The molecule has 1 nitrogen and oxygen atoms in total. The van der Waals surface area contributed by atoms with Gasteiger partial charge < -0.3 is 5.32 Å². The minimum absolute atomic E-state index is 0.472. The van der Waals surface area contributed by atoms with Crippen LogP contribution >= 0.6 is 46.5 Å². The van der Waals surface area contributed by atoms with E-state index in [2.05, 4.69) is 41.8 Å². The normalized spacial score (nSPS) is 23.2. The van der Waals surface area contributed by atoms with Crippen LogP contribution in [0.1, 0.15) is 17.8 Å². The van der Waals surface area contributed by atoms with Crippen LogP contribution in [0.15, 0.2) is 12.1 Å². The zero-order valence-electron chi connectivity index (χ0n) is 9.24. The van der Waals surface area contributed by atoms with Crippen molar-refractivity contribution < 1.29 is 0 Å². The summed E-state index contributed by atoms with van der Waals surface area (Å²) in [5.74, 6) is 3.82. The van der Waals surface area contributed by atoms with Crippen LogP contribution in [0.25, 0.3) is 0 Å². The zero-order valence-corrected chi connectivity index (χ0v) is 12.4. The quantitative estimate of drug-likeness (QED) is 0.904. The van der Waals surface area contributed by atoms with E-state index in [-0.39, 0.29) is 0 Å². The minimum Gasteiger partial charge on any atom is -0.309 e. The molecule has 2 atom stereocenters. The Bertz CT molecular complexity index is 323. The molecule has 5 heteroatoms. The van der Waals surface area contributed by atoms with Gasteiger partial charge in [-0.25, -0.2) is 0 Å². The fourth-order valence-electron chi connectivity index (χ4n) is 1.83. The van der Waals surface area contributed by atoms with Gasteiger partial charge in [0.15, 0.2) is 0 Å². The molecule has 0 aromatic carbocycles. The third kappa shape index (κ3) is 3.33. The van der Waals surface area contributed by atoms with E-state index in [4.69, 9.17) is 11.6 Å². The van der Waals surface area contributed by atoms with Crippen molar-refractivity contribution in [3.63, 3.8) is 0 Å². The maximum Gasteiger partial charge on any atom is 0.0931 e. The number of halogens is 1. The van der Waals surface area contributed by atoms with Gasteiger partial charge >= 0.3 is 0 Å². The number of thioether (sulfide) groups is 2. The number of rotatable bonds is 4. The molecular formula is C11H16ClNS3. The third-order valence-electron chi connectivity index (χ3n) is 2.54. The average Bonchev–Trinajstić information content (AvgIpc) is 2.74. The topological polar surface area (TPSA) is 12.0 Å². The van der Waals surface area contributed by atoms with Crippen LogP contribution in [0.4, 0.5) is 0 Å². The highest BCUT2D eigenvalue weighted by atomic mass is 35.5. The molecule has 0 amide bonds. The van der Waals surface area contributed by atoms with Gasteiger partial charge in [0.05, 0.1) is 10.4 Å². The summed E-state index contributed by atoms with van der Waals surface area (Å²) in [5, 5.41) is 4.29. The SMILES string of the molecule is CCNC(c1ccc(Cl)s1)C1CSCCS1. The molecule has 1 N–H and O–H groups in total. The third-order valence-corrected chi connectivity index (χ3v) is 6.72. The van der Waals surface area contributed by atoms with Gasteiger partial charge in [0.1, 0.15) is 0 Å². The molecular weight excluding hydrogens is 278 g/mol. The molecule has 1 aliphatic heterocycles. The second kappa shape index (κ2) is 6.55. The van der Waals surface area contributed by atoms with Crippen molar-refractivity contribution in [3.8, 4) is 0 Å². The van der Waals surface area contributed by atoms with E-state index in [1.165, 1.54) is 22.1 Å². The number of thiophene rings is 1. The van der Waals surface area contributed by atoms with Crippen molar-refractivity contribution in [3.05, 3.63) is 21.3 Å². The monoisotopic (exact) mass is 293 g/mol. The summed E-state index contributed by atoms with van der Waals surface area (Å²) >= 11 is 11.9. The first-order valence-corrected chi connectivity index (χ1v) is 8.89. The fraction of sp³-hybridized carbons (Fsp3) is 0.636. The Balaban J connectivity index is 2.09. The Kier molecular flexibility index (Phi) is 5.36. The van der Waals surface area contributed by atoms with Crippen molar-refractivity contribution in [2.24, 2.45) is 0 Å². The first kappa shape index (κ1) is 13.1. The lowest BCUT2D eigenvalue weighted by molar-refractivity contribution is 0.559. The predicted molar refractivity (Wildman–Crippen MR) is 79.3 cm³/mol.